The van der Waals surface area contributed by atoms with Gasteiger partial charge in [0, 0.05) is 10.6 Å². The molecule has 3 aliphatic carbocycles. The molecule has 5 heteroatoms. The van der Waals surface area contributed by atoms with Gasteiger partial charge in [-0.1, -0.05) is 11.8 Å². The van der Waals surface area contributed by atoms with E-state index in [2.05, 4.69) is 4.98 Å². The lowest BCUT2D eigenvalue weighted by molar-refractivity contribution is 0.544. The van der Waals surface area contributed by atoms with Crippen LogP contribution in [0.3, 0.4) is 0 Å². The molecule has 0 radical (unpaired) electrons. The average molecular weight is 332 g/mol. The number of anilines is 1. The molecule has 0 saturated heterocycles. The van der Waals surface area contributed by atoms with Gasteiger partial charge in [-0.2, -0.15) is 0 Å². The fraction of sp³-hybridized carbons (Fsp3) is 0.647. The molecule has 2 heterocycles. The molecule has 0 aliphatic heterocycles. The first-order valence-corrected chi connectivity index (χ1v) is 10.3. The van der Waals surface area contributed by atoms with Gasteiger partial charge in [-0.05, 0) is 68.3 Å². The second kappa shape index (κ2) is 5.10. The molecular formula is C17H21N3S2. The highest BCUT2D eigenvalue weighted by Crippen LogP contribution is 2.55. The van der Waals surface area contributed by atoms with Crippen molar-refractivity contribution in [2.45, 2.75) is 50.1 Å². The molecule has 2 fully saturated rings. The lowest BCUT2D eigenvalue weighted by Crippen LogP contribution is -2.03. The molecule has 0 amide bonds. The largest absolute Gasteiger partial charge is 0.383 e. The van der Waals surface area contributed by atoms with E-state index in [1.807, 2.05) is 23.1 Å². The van der Waals surface area contributed by atoms with Crippen LogP contribution >= 0.6 is 23.1 Å². The van der Waals surface area contributed by atoms with Crippen LogP contribution in [0.5, 0.6) is 0 Å². The van der Waals surface area contributed by atoms with Crippen molar-refractivity contribution < 1.29 is 0 Å². The summed E-state index contributed by atoms with van der Waals surface area (Å²) >= 11 is 3.67. The zero-order valence-corrected chi connectivity index (χ0v) is 14.3. The summed E-state index contributed by atoms with van der Waals surface area (Å²) in [4.78, 5) is 12.1. The smallest absolute Gasteiger partial charge is 0.190 e. The molecule has 0 spiro atoms. The van der Waals surface area contributed by atoms with Crippen molar-refractivity contribution in [3.63, 3.8) is 0 Å². The molecule has 3 nitrogen and oxygen atoms in total. The SMILES string of the molecule is Nc1nc(SCC2CC3CC3C2)nc2sc3c(c12)CCCC3. The molecule has 2 atom stereocenters. The molecule has 2 unspecified atom stereocenters. The van der Waals surface area contributed by atoms with Gasteiger partial charge in [-0.3, -0.25) is 0 Å². The molecule has 2 aromatic heterocycles. The van der Waals surface area contributed by atoms with Gasteiger partial charge in [0.2, 0.25) is 0 Å². The minimum atomic E-state index is 0.709. The number of hydrogen-bond acceptors (Lipinski definition) is 5. The lowest BCUT2D eigenvalue weighted by Gasteiger charge is -2.11. The topological polar surface area (TPSA) is 51.8 Å². The first kappa shape index (κ1) is 13.6. The summed E-state index contributed by atoms with van der Waals surface area (Å²) < 4.78 is 0. The number of nitrogens with two attached hydrogens (primary N) is 1. The van der Waals surface area contributed by atoms with E-state index in [1.165, 1.54) is 54.7 Å². The Labute approximate surface area is 139 Å². The maximum absolute atomic E-state index is 6.28. The van der Waals surface area contributed by atoms with Crippen LogP contribution < -0.4 is 5.73 Å². The van der Waals surface area contributed by atoms with Crippen LogP contribution in [-0.2, 0) is 12.8 Å². The Kier molecular flexibility index (Phi) is 3.15. The molecule has 2 aromatic rings. The first-order valence-electron chi connectivity index (χ1n) is 8.48. The molecule has 116 valence electrons. The second-order valence-electron chi connectivity index (χ2n) is 7.19. The third-order valence-electron chi connectivity index (χ3n) is 5.61. The van der Waals surface area contributed by atoms with Crippen LogP contribution in [0.1, 0.15) is 42.5 Å². The second-order valence-corrected chi connectivity index (χ2v) is 9.26. The van der Waals surface area contributed by atoms with Gasteiger partial charge < -0.3 is 5.73 Å². The maximum atomic E-state index is 6.28. The number of rotatable bonds is 3. The number of thiophene rings is 1. The number of aryl methyl sites for hydroxylation is 2. The van der Waals surface area contributed by atoms with Crippen LogP contribution in [-0.4, -0.2) is 15.7 Å². The summed E-state index contributed by atoms with van der Waals surface area (Å²) in [5, 5.41) is 2.05. The molecule has 3 aliphatic rings. The molecular weight excluding hydrogens is 310 g/mol. The standard InChI is InChI=1S/C17H21N3S2/c18-15-14-12-3-1-2-4-13(12)22-16(14)20-17(19-15)21-8-9-5-10-7-11(10)6-9/h9-11H,1-8H2,(H2,18,19,20). The van der Waals surface area contributed by atoms with Gasteiger partial charge >= 0.3 is 0 Å². The Balaban J connectivity index is 1.40. The van der Waals surface area contributed by atoms with Crippen LogP contribution in [0.2, 0.25) is 0 Å². The van der Waals surface area contributed by atoms with Gasteiger partial charge in [0.25, 0.3) is 0 Å². The Hall–Kier alpha value is -0.810. The van der Waals surface area contributed by atoms with Gasteiger partial charge in [-0.15, -0.1) is 11.3 Å². The number of nitrogen functional groups attached to an aromatic ring is 1. The van der Waals surface area contributed by atoms with E-state index >= 15 is 0 Å². The van der Waals surface area contributed by atoms with Crippen molar-refractivity contribution in [1.29, 1.82) is 0 Å². The number of nitrogens with zero attached hydrogens (tertiary/aromatic N) is 2. The van der Waals surface area contributed by atoms with E-state index < -0.39 is 0 Å². The Bertz CT molecular complexity index is 729. The third kappa shape index (κ3) is 2.24. The molecule has 22 heavy (non-hydrogen) atoms. The van der Waals surface area contributed by atoms with Crippen molar-refractivity contribution in [3.8, 4) is 0 Å². The molecule has 2 N–H and O–H groups in total. The van der Waals surface area contributed by atoms with Crippen molar-refractivity contribution in [3.05, 3.63) is 10.4 Å². The van der Waals surface area contributed by atoms with Crippen molar-refractivity contribution in [1.82, 2.24) is 9.97 Å². The highest BCUT2D eigenvalue weighted by Gasteiger charge is 2.45. The van der Waals surface area contributed by atoms with E-state index in [1.54, 1.807) is 0 Å². The molecule has 5 rings (SSSR count). The fourth-order valence-electron chi connectivity index (χ4n) is 4.40. The summed E-state index contributed by atoms with van der Waals surface area (Å²) in [7, 11) is 0. The molecule has 0 aromatic carbocycles. The summed E-state index contributed by atoms with van der Waals surface area (Å²) in [5.74, 6) is 4.88. The predicted molar refractivity (Wildman–Crippen MR) is 93.5 cm³/mol. The lowest BCUT2D eigenvalue weighted by atomic mass is 9.97. The Morgan fingerprint density at radius 2 is 1.91 bits per heavy atom. The van der Waals surface area contributed by atoms with Gasteiger partial charge in [0.1, 0.15) is 10.6 Å². The normalized spacial score (nSPS) is 29.5. The van der Waals surface area contributed by atoms with Crippen LogP contribution in [0.15, 0.2) is 5.16 Å². The van der Waals surface area contributed by atoms with Crippen LogP contribution in [0, 0.1) is 17.8 Å². The monoisotopic (exact) mass is 331 g/mol. The summed E-state index contributed by atoms with van der Waals surface area (Å²) in [5.41, 5.74) is 7.72. The van der Waals surface area contributed by atoms with E-state index in [-0.39, 0.29) is 0 Å². The van der Waals surface area contributed by atoms with Gasteiger partial charge in [0.05, 0.1) is 5.39 Å². The number of thioether (sulfide) groups is 1. The average Bonchev–Trinajstić information content (AvgIpc) is 2.96. The highest BCUT2D eigenvalue weighted by molar-refractivity contribution is 7.99. The summed E-state index contributed by atoms with van der Waals surface area (Å²) in [6.45, 7) is 0. The Morgan fingerprint density at radius 1 is 1.09 bits per heavy atom. The van der Waals surface area contributed by atoms with Crippen molar-refractivity contribution in [2.75, 3.05) is 11.5 Å². The van der Waals surface area contributed by atoms with E-state index in [9.17, 15) is 0 Å². The fourth-order valence-corrected chi connectivity index (χ4v) is 6.70. The number of aromatic nitrogens is 2. The maximum Gasteiger partial charge on any atom is 0.190 e. The minimum Gasteiger partial charge on any atom is -0.383 e. The highest BCUT2D eigenvalue weighted by atomic mass is 32.2. The first-order chi connectivity index (χ1) is 10.8. The van der Waals surface area contributed by atoms with Crippen LogP contribution in [0.25, 0.3) is 10.2 Å². The van der Waals surface area contributed by atoms with Crippen LogP contribution in [0.4, 0.5) is 5.82 Å². The van der Waals surface area contributed by atoms with Gasteiger partial charge in [-0.25, -0.2) is 9.97 Å². The zero-order valence-electron chi connectivity index (χ0n) is 12.7. The number of fused-ring (bicyclic) bond motifs is 4. The minimum absolute atomic E-state index is 0.709. The van der Waals surface area contributed by atoms with Crippen molar-refractivity contribution in [2.24, 2.45) is 17.8 Å². The van der Waals surface area contributed by atoms with E-state index in [4.69, 9.17) is 10.7 Å². The quantitative estimate of drug-likeness (QED) is 0.673. The summed E-state index contributed by atoms with van der Waals surface area (Å²) in [6.07, 6.45) is 9.30. The summed E-state index contributed by atoms with van der Waals surface area (Å²) in [6, 6.07) is 0. The predicted octanol–water partition coefficient (Wildman–Crippen LogP) is 4.29. The molecule has 0 bridgehead atoms. The van der Waals surface area contributed by atoms with E-state index in [0.29, 0.717) is 5.82 Å². The van der Waals surface area contributed by atoms with Crippen molar-refractivity contribution >= 4 is 39.1 Å². The zero-order chi connectivity index (χ0) is 14.7. The van der Waals surface area contributed by atoms with Gasteiger partial charge in [0.15, 0.2) is 5.16 Å². The number of hydrogen-bond donors (Lipinski definition) is 1. The third-order valence-corrected chi connectivity index (χ3v) is 7.88. The molecule has 2 saturated carbocycles. The van der Waals surface area contributed by atoms with E-state index in [0.717, 1.165) is 39.5 Å². The Morgan fingerprint density at radius 3 is 2.77 bits per heavy atom.